The number of guanidine groups is 1. The monoisotopic (exact) mass is 433 g/mol. The maximum Gasteiger partial charge on any atom is 0.215 e. The van der Waals surface area contributed by atoms with Crippen molar-refractivity contribution < 1.29 is 12.8 Å². The van der Waals surface area contributed by atoms with Crippen LogP contribution in [0.1, 0.15) is 11.1 Å². The minimum Gasteiger partial charge on any atom is -0.368 e. The average molecular weight is 434 g/mol. The summed E-state index contributed by atoms with van der Waals surface area (Å²) in [6.07, 6.45) is 0. The molecule has 1 saturated heterocycles. The van der Waals surface area contributed by atoms with Gasteiger partial charge in [-0.1, -0.05) is 24.3 Å². The number of nitrogens with one attached hydrogen (secondary N) is 2. The van der Waals surface area contributed by atoms with Gasteiger partial charge in [-0.25, -0.2) is 17.5 Å². The summed E-state index contributed by atoms with van der Waals surface area (Å²) in [5.41, 5.74) is 2.75. The molecule has 0 aliphatic carbocycles. The van der Waals surface area contributed by atoms with Gasteiger partial charge in [-0.15, -0.1) is 0 Å². The fourth-order valence-corrected chi connectivity index (χ4v) is 4.23. The Balaban J connectivity index is 1.55. The van der Waals surface area contributed by atoms with E-state index < -0.39 is 10.0 Å². The molecule has 0 unspecified atom stereocenters. The van der Waals surface area contributed by atoms with Gasteiger partial charge in [0.15, 0.2) is 5.96 Å². The molecule has 0 amide bonds. The van der Waals surface area contributed by atoms with Crippen LogP contribution in [0, 0.1) is 5.82 Å². The van der Waals surface area contributed by atoms with Crippen molar-refractivity contribution in [3.63, 3.8) is 0 Å². The molecule has 0 atom stereocenters. The fraction of sp³-hybridized carbons (Fsp3) is 0.381. The van der Waals surface area contributed by atoms with Gasteiger partial charge in [0.1, 0.15) is 5.82 Å². The molecule has 0 saturated carbocycles. The predicted molar refractivity (Wildman–Crippen MR) is 119 cm³/mol. The number of rotatable bonds is 6. The largest absolute Gasteiger partial charge is 0.368 e. The maximum absolute atomic E-state index is 13.1. The lowest BCUT2D eigenvalue weighted by molar-refractivity contribution is 0.372. The summed E-state index contributed by atoms with van der Waals surface area (Å²) < 4.78 is 39.0. The first-order valence-electron chi connectivity index (χ1n) is 9.85. The first kappa shape index (κ1) is 22.0. The molecule has 7 nitrogen and oxygen atoms in total. The summed E-state index contributed by atoms with van der Waals surface area (Å²) in [5, 5.41) is 3.36. The zero-order valence-electron chi connectivity index (χ0n) is 17.3. The van der Waals surface area contributed by atoms with Crippen molar-refractivity contribution in [1.82, 2.24) is 14.9 Å². The zero-order chi connectivity index (χ0) is 21.6. The Morgan fingerprint density at radius 1 is 1.07 bits per heavy atom. The average Bonchev–Trinajstić information content (AvgIpc) is 2.75. The highest BCUT2D eigenvalue weighted by Crippen LogP contribution is 2.17. The SMILES string of the molecule is CN=C(NCc1cccc(CS(=O)(=O)NC)c1)N1CCN(c2ccc(F)cc2)CC1. The second-order valence-corrected chi connectivity index (χ2v) is 9.06. The van der Waals surface area contributed by atoms with Crippen LogP contribution in [0.25, 0.3) is 0 Å². The van der Waals surface area contributed by atoms with Crippen molar-refractivity contribution >= 4 is 21.7 Å². The molecule has 30 heavy (non-hydrogen) atoms. The number of sulfonamides is 1. The third-order valence-corrected chi connectivity index (χ3v) is 6.43. The van der Waals surface area contributed by atoms with Gasteiger partial charge in [-0.2, -0.15) is 0 Å². The van der Waals surface area contributed by atoms with Crippen molar-refractivity contribution in [1.29, 1.82) is 0 Å². The summed E-state index contributed by atoms with van der Waals surface area (Å²) in [6, 6.07) is 14.1. The molecule has 0 aromatic heterocycles. The number of hydrogen-bond acceptors (Lipinski definition) is 4. The molecule has 0 spiro atoms. The van der Waals surface area contributed by atoms with Crippen LogP contribution in [0.2, 0.25) is 0 Å². The van der Waals surface area contributed by atoms with E-state index in [9.17, 15) is 12.8 Å². The first-order chi connectivity index (χ1) is 14.4. The normalized spacial score (nSPS) is 15.4. The van der Waals surface area contributed by atoms with E-state index in [4.69, 9.17) is 0 Å². The molecule has 2 aromatic carbocycles. The number of anilines is 1. The summed E-state index contributed by atoms with van der Waals surface area (Å²) in [6.45, 7) is 3.81. The Morgan fingerprint density at radius 2 is 1.73 bits per heavy atom. The van der Waals surface area contributed by atoms with E-state index in [-0.39, 0.29) is 11.6 Å². The Labute approximate surface area is 177 Å². The van der Waals surface area contributed by atoms with Crippen LogP contribution in [0.5, 0.6) is 0 Å². The van der Waals surface area contributed by atoms with Crippen molar-refractivity contribution in [2.24, 2.45) is 4.99 Å². The molecule has 1 heterocycles. The van der Waals surface area contributed by atoms with Crippen molar-refractivity contribution in [2.45, 2.75) is 12.3 Å². The van der Waals surface area contributed by atoms with Gasteiger partial charge in [0.25, 0.3) is 0 Å². The summed E-state index contributed by atoms with van der Waals surface area (Å²) >= 11 is 0. The molecule has 3 rings (SSSR count). The highest BCUT2D eigenvalue weighted by atomic mass is 32.2. The molecular weight excluding hydrogens is 405 g/mol. The van der Waals surface area contributed by atoms with Gasteiger partial charge >= 0.3 is 0 Å². The van der Waals surface area contributed by atoms with Crippen molar-refractivity contribution in [2.75, 3.05) is 45.2 Å². The van der Waals surface area contributed by atoms with E-state index in [1.807, 2.05) is 24.3 Å². The van der Waals surface area contributed by atoms with Crippen LogP contribution in [0.4, 0.5) is 10.1 Å². The number of hydrogen-bond donors (Lipinski definition) is 2. The Hall–Kier alpha value is -2.65. The molecule has 9 heteroatoms. The standard InChI is InChI=1S/C21H28FN5O2S/c1-23-21(25-15-17-4-3-5-18(14-17)16-30(28,29)24-2)27-12-10-26(11-13-27)20-8-6-19(22)7-9-20/h3-9,14,24H,10-13,15-16H2,1-2H3,(H,23,25). The fourth-order valence-electron chi connectivity index (χ4n) is 3.46. The highest BCUT2D eigenvalue weighted by molar-refractivity contribution is 7.88. The highest BCUT2D eigenvalue weighted by Gasteiger charge is 2.20. The molecule has 0 radical (unpaired) electrons. The van der Waals surface area contributed by atoms with Gasteiger partial charge in [0.05, 0.1) is 5.75 Å². The molecule has 0 bridgehead atoms. The lowest BCUT2D eigenvalue weighted by Gasteiger charge is -2.37. The van der Waals surface area contributed by atoms with Gasteiger partial charge in [0.2, 0.25) is 10.0 Å². The van der Waals surface area contributed by atoms with E-state index in [1.54, 1.807) is 19.2 Å². The molecule has 2 aromatic rings. The minimum atomic E-state index is -3.30. The van der Waals surface area contributed by atoms with E-state index in [0.29, 0.717) is 6.54 Å². The van der Waals surface area contributed by atoms with Crippen molar-refractivity contribution in [3.05, 3.63) is 65.5 Å². The molecule has 1 aliphatic heterocycles. The van der Waals surface area contributed by atoms with E-state index in [1.165, 1.54) is 19.2 Å². The molecule has 1 fully saturated rings. The van der Waals surface area contributed by atoms with Gasteiger partial charge in [-0.3, -0.25) is 4.99 Å². The number of piperazine rings is 1. The zero-order valence-corrected chi connectivity index (χ0v) is 18.1. The van der Waals surface area contributed by atoms with E-state index >= 15 is 0 Å². The van der Waals surface area contributed by atoms with Gasteiger partial charge in [-0.05, 0) is 42.4 Å². The molecule has 1 aliphatic rings. The van der Waals surface area contributed by atoms with Crippen molar-refractivity contribution in [3.8, 4) is 0 Å². The van der Waals surface area contributed by atoms with Crippen LogP contribution in [-0.2, 0) is 22.3 Å². The second kappa shape index (κ2) is 9.90. The number of nitrogens with zero attached hydrogens (tertiary/aromatic N) is 3. The lowest BCUT2D eigenvalue weighted by Crippen LogP contribution is -2.52. The van der Waals surface area contributed by atoms with Gasteiger partial charge in [0, 0.05) is 45.5 Å². The number of benzene rings is 2. The molecule has 162 valence electrons. The van der Waals surface area contributed by atoms with E-state index in [0.717, 1.165) is 49.0 Å². The molecular formula is C21H28FN5O2S. The Kier molecular flexibility index (Phi) is 7.28. The van der Waals surface area contributed by atoms with Gasteiger partial charge < -0.3 is 15.1 Å². The quantitative estimate of drug-likeness (QED) is 0.536. The third-order valence-electron chi connectivity index (χ3n) is 5.09. The topological polar surface area (TPSA) is 77.0 Å². The van der Waals surface area contributed by atoms with E-state index in [2.05, 4.69) is 24.8 Å². The summed E-state index contributed by atoms with van der Waals surface area (Å²) in [5.74, 6) is 0.536. The minimum absolute atomic E-state index is 0.0442. The molecule has 2 N–H and O–H groups in total. The third kappa shape index (κ3) is 5.93. The summed E-state index contributed by atoms with van der Waals surface area (Å²) in [4.78, 5) is 8.81. The number of halogens is 1. The smallest absolute Gasteiger partial charge is 0.215 e. The van der Waals surface area contributed by atoms with Crippen LogP contribution in [0.15, 0.2) is 53.5 Å². The first-order valence-corrected chi connectivity index (χ1v) is 11.5. The Morgan fingerprint density at radius 3 is 2.37 bits per heavy atom. The van der Waals surface area contributed by atoms with Crippen LogP contribution >= 0.6 is 0 Å². The van der Waals surface area contributed by atoms with Crippen LogP contribution < -0.4 is 14.9 Å². The predicted octanol–water partition coefficient (Wildman–Crippen LogP) is 1.77. The van der Waals surface area contributed by atoms with Crippen LogP contribution in [0.3, 0.4) is 0 Å². The van der Waals surface area contributed by atoms with Crippen LogP contribution in [-0.4, -0.2) is 59.6 Å². The number of aliphatic imine (C=N–C) groups is 1. The summed E-state index contributed by atoms with van der Waals surface area (Å²) in [7, 11) is -0.129. The second-order valence-electron chi connectivity index (χ2n) is 7.13. The Bertz CT molecular complexity index is 971. The lowest BCUT2D eigenvalue weighted by atomic mass is 10.1. The maximum atomic E-state index is 13.1.